The highest BCUT2D eigenvalue weighted by Crippen LogP contribution is 2.17. The fourth-order valence-corrected chi connectivity index (χ4v) is 2.48. The number of hydrogen-bond acceptors (Lipinski definition) is 4. The minimum absolute atomic E-state index is 0.0561. The van der Waals surface area contributed by atoms with Crippen LogP contribution in [0.4, 0.5) is 0 Å². The van der Waals surface area contributed by atoms with Gasteiger partial charge in [-0.1, -0.05) is 35.9 Å². The van der Waals surface area contributed by atoms with Crippen LogP contribution in [0.25, 0.3) is 4.72 Å². The predicted octanol–water partition coefficient (Wildman–Crippen LogP) is 2.66. The molecule has 0 unspecified atom stereocenters. The number of rotatable bonds is 5. The first-order valence-corrected chi connectivity index (χ1v) is 7.67. The van der Waals surface area contributed by atoms with E-state index in [0.29, 0.717) is 5.75 Å². The van der Waals surface area contributed by atoms with Crippen LogP contribution in [0.3, 0.4) is 0 Å². The standard InChI is InChI=1S/C15H14NO4S/c1-12-7-9-14(10-8-12)21(18,19)16-11-15(17)20-13-5-3-2-4-6-13/h2-10H,11H2,1H3/q-1. The lowest BCUT2D eigenvalue weighted by molar-refractivity contribution is -0.132. The van der Waals surface area contributed by atoms with Gasteiger partial charge >= 0.3 is 0 Å². The van der Waals surface area contributed by atoms with E-state index in [9.17, 15) is 13.2 Å². The molecule has 2 aromatic rings. The number of benzene rings is 2. The number of esters is 1. The van der Waals surface area contributed by atoms with Crippen molar-refractivity contribution < 1.29 is 17.9 Å². The van der Waals surface area contributed by atoms with E-state index in [-0.39, 0.29) is 4.90 Å². The molecule has 0 aromatic heterocycles. The molecule has 110 valence electrons. The van der Waals surface area contributed by atoms with Crippen LogP contribution in [0, 0.1) is 6.92 Å². The van der Waals surface area contributed by atoms with Gasteiger partial charge in [0.15, 0.2) is 0 Å². The molecule has 2 aromatic carbocycles. The average Bonchev–Trinajstić information content (AvgIpc) is 2.47. The Kier molecular flexibility index (Phi) is 4.72. The molecule has 0 amide bonds. The highest BCUT2D eigenvalue weighted by atomic mass is 32.2. The maximum Gasteiger partial charge on any atom is 0.290 e. The van der Waals surface area contributed by atoms with Crippen LogP contribution in [-0.4, -0.2) is 20.9 Å². The average molecular weight is 304 g/mol. The molecule has 0 N–H and O–H groups in total. The predicted molar refractivity (Wildman–Crippen MR) is 78.7 cm³/mol. The summed E-state index contributed by atoms with van der Waals surface area (Å²) in [5.74, 6) is -0.373. The van der Waals surface area contributed by atoms with E-state index in [0.717, 1.165) is 5.56 Å². The summed E-state index contributed by atoms with van der Waals surface area (Å²) < 4.78 is 32.3. The van der Waals surface area contributed by atoms with Gasteiger partial charge in [0.25, 0.3) is 5.97 Å². The van der Waals surface area contributed by atoms with Gasteiger partial charge in [-0.15, -0.1) is 0 Å². The van der Waals surface area contributed by atoms with E-state index in [1.165, 1.54) is 12.1 Å². The Morgan fingerprint density at radius 2 is 1.67 bits per heavy atom. The number of para-hydroxylation sites is 1. The summed E-state index contributed by atoms with van der Waals surface area (Å²) >= 11 is 0. The molecule has 0 atom stereocenters. The van der Waals surface area contributed by atoms with E-state index >= 15 is 0 Å². The van der Waals surface area contributed by atoms with Gasteiger partial charge in [-0.05, 0) is 37.7 Å². The first kappa shape index (κ1) is 15.2. The van der Waals surface area contributed by atoms with Gasteiger partial charge in [-0.25, -0.2) is 8.42 Å². The lowest BCUT2D eigenvalue weighted by Crippen LogP contribution is -2.15. The molecule has 0 aliphatic rings. The van der Waals surface area contributed by atoms with Crippen molar-refractivity contribution in [2.45, 2.75) is 11.8 Å². The zero-order chi connectivity index (χ0) is 15.3. The second kappa shape index (κ2) is 6.51. The molecule has 0 saturated heterocycles. The quantitative estimate of drug-likeness (QED) is 0.628. The lowest BCUT2D eigenvalue weighted by atomic mass is 10.2. The van der Waals surface area contributed by atoms with E-state index in [1.807, 2.05) is 6.92 Å². The molecule has 0 aliphatic heterocycles. The van der Waals surface area contributed by atoms with Gasteiger partial charge in [0.1, 0.15) is 15.8 Å². The summed E-state index contributed by atoms with van der Waals surface area (Å²) in [6.45, 7) is 1.30. The number of nitrogens with zero attached hydrogens (tertiary/aromatic N) is 1. The van der Waals surface area contributed by atoms with Gasteiger partial charge in [-0.2, -0.15) is 0 Å². The lowest BCUT2D eigenvalue weighted by Gasteiger charge is -2.19. The molecule has 2 rings (SSSR count). The fraction of sp³-hybridized carbons (Fsp3) is 0.133. The smallest absolute Gasteiger partial charge is 0.290 e. The molecular weight excluding hydrogens is 290 g/mol. The number of ether oxygens (including phenoxy) is 1. The molecule has 0 spiro atoms. The second-order valence-corrected chi connectivity index (χ2v) is 6.04. The van der Waals surface area contributed by atoms with Gasteiger partial charge in [0.2, 0.25) is 0 Å². The maximum absolute atomic E-state index is 11.9. The Morgan fingerprint density at radius 3 is 2.29 bits per heavy atom. The van der Waals surface area contributed by atoms with Gasteiger partial charge in [0.05, 0.1) is 0 Å². The third kappa shape index (κ3) is 4.40. The Bertz CT molecular complexity index is 709. The van der Waals surface area contributed by atoms with E-state index < -0.39 is 22.5 Å². The number of carbonyl (C=O) groups excluding carboxylic acids is 1. The van der Waals surface area contributed by atoms with Crippen LogP contribution < -0.4 is 4.74 Å². The molecular formula is C15H14NO4S-. The van der Waals surface area contributed by atoms with Crippen molar-refractivity contribution in [2.75, 3.05) is 6.54 Å². The summed E-state index contributed by atoms with van der Waals surface area (Å²) in [6, 6.07) is 14.7. The molecule has 0 heterocycles. The fourth-order valence-electron chi connectivity index (χ4n) is 1.57. The minimum atomic E-state index is -3.84. The normalized spacial score (nSPS) is 11.1. The molecule has 6 heteroatoms. The minimum Gasteiger partial charge on any atom is -0.535 e. The van der Waals surface area contributed by atoms with Crippen molar-refractivity contribution in [3.63, 3.8) is 0 Å². The highest BCUT2D eigenvalue weighted by molar-refractivity contribution is 7.94. The summed E-state index contributed by atoms with van der Waals surface area (Å²) in [5.41, 5.74) is 0.942. The monoisotopic (exact) mass is 304 g/mol. The van der Waals surface area contributed by atoms with Gasteiger partial charge in [0, 0.05) is 4.90 Å². The van der Waals surface area contributed by atoms with E-state index in [4.69, 9.17) is 4.74 Å². The largest absolute Gasteiger partial charge is 0.535 e. The number of sulfonamides is 1. The third-order valence-electron chi connectivity index (χ3n) is 2.66. The van der Waals surface area contributed by atoms with Crippen molar-refractivity contribution in [3.05, 3.63) is 64.9 Å². The zero-order valence-electron chi connectivity index (χ0n) is 11.4. The molecule has 0 bridgehead atoms. The van der Waals surface area contributed by atoms with E-state index in [1.54, 1.807) is 42.5 Å². The van der Waals surface area contributed by atoms with Crippen molar-refractivity contribution in [1.82, 2.24) is 0 Å². The summed E-state index contributed by atoms with van der Waals surface area (Å²) in [7, 11) is -3.84. The Balaban J connectivity index is 1.95. The molecule has 0 aliphatic carbocycles. The molecule has 5 nitrogen and oxygen atoms in total. The number of aryl methyl sites for hydroxylation is 1. The van der Waals surface area contributed by atoms with Crippen molar-refractivity contribution in [3.8, 4) is 5.75 Å². The molecule has 0 saturated carbocycles. The number of carbonyl (C=O) groups is 1. The zero-order valence-corrected chi connectivity index (χ0v) is 12.2. The molecule has 0 radical (unpaired) electrons. The summed E-state index contributed by atoms with van der Waals surface area (Å²) in [6.07, 6.45) is 0. The maximum atomic E-state index is 11.9. The van der Waals surface area contributed by atoms with Crippen molar-refractivity contribution >= 4 is 16.0 Å². The van der Waals surface area contributed by atoms with Crippen LogP contribution in [0.1, 0.15) is 5.56 Å². The SMILES string of the molecule is Cc1ccc(S(=O)(=O)[N-]CC(=O)Oc2ccccc2)cc1. The third-order valence-corrected chi connectivity index (χ3v) is 3.99. The topological polar surface area (TPSA) is 74.5 Å². The highest BCUT2D eigenvalue weighted by Gasteiger charge is 2.06. The second-order valence-electron chi connectivity index (χ2n) is 4.36. The van der Waals surface area contributed by atoms with Crippen molar-refractivity contribution in [2.24, 2.45) is 0 Å². The summed E-state index contributed by atoms with van der Waals surface area (Å²) in [5, 5.41) is 0. The number of hydrogen-bond donors (Lipinski definition) is 0. The van der Waals surface area contributed by atoms with Crippen LogP contribution in [0.5, 0.6) is 5.75 Å². The molecule has 0 fully saturated rings. The van der Waals surface area contributed by atoms with E-state index in [2.05, 4.69) is 4.72 Å². The Labute approximate surface area is 123 Å². The van der Waals surface area contributed by atoms with Crippen LogP contribution in [0.15, 0.2) is 59.5 Å². The van der Waals surface area contributed by atoms with Crippen LogP contribution in [0.2, 0.25) is 0 Å². The Hall–Kier alpha value is -2.18. The van der Waals surface area contributed by atoms with Crippen molar-refractivity contribution in [1.29, 1.82) is 0 Å². The first-order valence-electron chi connectivity index (χ1n) is 6.23. The van der Waals surface area contributed by atoms with Gasteiger partial charge < -0.3 is 9.46 Å². The molecule has 21 heavy (non-hydrogen) atoms. The van der Waals surface area contributed by atoms with Crippen LogP contribution in [-0.2, 0) is 14.8 Å². The first-order chi connectivity index (χ1) is 9.97. The Morgan fingerprint density at radius 1 is 1.05 bits per heavy atom. The van der Waals surface area contributed by atoms with Crippen LogP contribution >= 0.6 is 0 Å². The summed E-state index contributed by atoms with van der Waals surface area (Å²) in [4.78, 5) is 11.6. The van der Waals surface area contributed by atoms with Gasteiger partial charge in [-0.3, -0.25) is 4.79 Å².